The van der Waals surface area contributed by atoms with Crippen molar-refractivity contribution < 1.29 is 13.2 Å². The van der Waals surface area contributed by atoms with Crippen molar-refractivity contribution in [2.45, 2.75) is 31.6 Å². The summed E-state index contributed by atoms with van der Waals surface area (Å²) in [6.45, 7) is 2.37. The Bertz CT molecular complexity index is 635. The molecule has 1 N–H and O–H groups in total. The predicted molar refractivity (Wildman–Crippen MR) is 85.6 cm³/mol. The Morgan fingerprint density at radius 3 is 2.38 bits per heavy atom. The third kappa shape index (κ3) is 4.23. The third-order valence-electron chi connectivity index (χ3n) is 4.24. The zero-order valence-corrected chi connectivity index (χ0v) is 13.1. The van der Waals surface area contributed by atoms with E-state index in [9.17, 15) is 13.2 Å². The largest absolute Gasteiger partial charge is 0.417 e. The lowest BCUT2D eigenvalue weighted by Gasteiger charge is -2.33. The van der Waals surface area contributed by atoms with Gasteiger partial charge in [0.25, 0.3) is 0 Å². The van der Waals surface area contributed by atoms with Gasteiger partial charge in [0.15, 0.2) is 0 Å². The van der Waals surface area contributed by atoms with Gasteiger partial charge in [-0.3, -0.25) is 4.98 Å². The monoisotopic (exact) mass is 336 g/mol. The average molecular weight is 336 g/mol. The number of halogens is 3. The van der Waals surface area contributed by atoms with Crippen molar-refractivity contribution in [3.05, 3.63) is 54.0 Å². The second-order valence-corrected chi connectivity index (χ2v) is 5.90. The number of anilines is 1. The first-order valence-corrected chi connectivity index (χ1v) is 7.93. The van der Waals surface area contributed by atoms with E-state index in [1.807, 2.05) is 17.0 Å². The first-order valence-electron chi connectivity index (χ1n) is 7.93. The van der Waals surface area contributed by atoms with Crippen LogP contribution >= 0.6 is 0 Å². The topological polar surface area (TPSA) is 41.0 Å². The molecule has 128 valence electrons. The molecule has 0 spiro atoms. The molecule has 4 nitrogen and oxygen atoms in total. The molecule has 3 heterocycles. The summed E-state index contributed by atoms with van der Waals surface area (Å²) < 4.78 is 37.7. The maximum absolute atomic E-state index is 12.6. The van der Waals surface area contributed by atoms with Gasteiger partial charge in [-0.05, 0) is 42.7 Å². The number of pyridine rings is 2. The van der Waals surface area contributed by atoms with Crippen molar-refractivity contribution in [1.82, 2.24) is 15.3 Å². The molecule has 0 unspecified atom stereocenters. The van der Waals surface area contributed by atoms with E-state index in [1.165, 1.54) is 11.6 Å². The van der Waals surface area contributed by atoms with Crippen molar-refractivity contribution >= 4 is 5.82 Å². The van der Waals surface area contributed by atoms with E-state index < -0.39 is 11.7 Å². The maximum atomic E-state index is 12.6. The minimum absolute atomic E-state index is 0.406. The molecule has 1 aliphatic heterocycles. The Morgan fingerprint density at radius 1 is 1.08 bits per heavy atom. The minimum Gasteiger partial charge on any atom is -0.357 e. The van der Waals surface area contributed by atoms with Gasteiger partial charge in [-0.15, -0.1) is 0 Å². The van der Waals surface area contributed by atoms with E-state index in [0.29, 0.717) is 11.9 Å². The third-order valence-corrected chi connectivity index (χ3v) is 4.24. The summed E-state index contributed by atoms with van der Waals surface area (Å²) >= 11 is 0. The van der Waals surface area contributed by atoms with Crippen LogP contribution in [-0.4, -0.2) is 29.1 Å². The zero-order chi connectivity index (χ0) is 17.0. The fraction of sp³-hybridized carbons (Fsp3) is 0.412. The van der Waals surface area contributed by atoms with Crippen LogP contribution in [0.4, 0.5) is 19.0 Å². The highest BCUT2D eigenvalue weighted by Gasteiger charge is 2.31. The van der Waals surface area contributed by atoms with Crippen LogP contribution in [0.15, 0.2) is 42.9 Å². The van der Waals surface area contributed by atoms with Crippen LogP contribution in [-0.2, 0) is 12.7 Å². The SMILES string of the molecule is FC(F)(F)c1ccc(N2CCC(NCc3ccncc3)CC2)nc1. The number of aromatic nitrogens is 2. The standard InChI is InChI=1S/C17H19F3N4/c18-17(19,20)14-1-2-16(23-12-14)24-9-5-15(6-10-24)22-11-13-3-7-21-8-4-13/h1-4,7-8,12,15,22H,5-6,9-11H2. The van der Waals surface area contributed by atoms with Crippen LogP contribution in [0.2, 0.25) is 0 Å². The van der Waals surface area contributed by atoms with E-state index in [4.69, 9.17) is 0 Å². The number of rotatable bonds is 4. The van der Waals surface area contributed by atoms with Crippen LogP contribution in [0.1, 0.15) is 24.0 Å². The highest BCUT2D eigenvalue weighted by atomic mass is 19.4. The Hall–Kier alpha value is -2.15. The summed E-state index contributed by atoms with van der Waals surface area (Å²) in [5.74, 6) is 0.607. The average Bonchev–Trinajstić information content (AvgIpc) is 2.61. The first-order chi connectivity index (χ1) is 11.5. The summed E-state index contributed by atoms with van der Waals surface area (Å²) in [5.41, 5.74) is 0.483. The minimum atomic E-state index is -4.34. The van der Waals surface area contributed by atoms with Crippen molar-refractivity contribution in [2.75, 3.05) is 18.0 Å². The van der Waals surface area contributed by atoms with Crippen LogP contribution in [0.5, 0.6) is 0 Å². The maximum Gasteiger partial charge on any atom is 0.417 e. The lowest BCUT2D eigenvalue weighted by molar-refractivity contribution is -0.137. The Balaban J connectivity index is 1.50. The molecule has 1 saturated heterocycles. The normalized spacial score (nSPS) is 16.4. The Labute approximate surface area is 138 Å². The number of alkyl halides is 3. The molecule has 1 fully saturated rings. The van der Waals surface area contributed by atoms with Crippen molar-refractivity contribution in [1.29, 1.82) is 0 Å². The fourth-order valence-electron chi connectivity index (χ4n) is 2.82. The number of hydrogen-bond donors (Lipinski definition) is 1. The van der Waals surface area contributed by atoms with Crippen LogP contribution < -0.4 is 10.2 Å². The molecule has 1 aliphatic rings. The number of nitrogens with one attached hydrogen (secondary N) is 1. The van der Waals surface area contributed by atoms with Crippen LogP contribution in [0, 0.1) is 0 Å². The van der Waals surface area contributed by atoms with E-state index >= 15 is 0 Å². The smallest absolute Gasteiger partial charge is 0.357 e. The highest BCUT2D eigenvalue weighted by Crippen LogP contribution is 2.29. The molecule has 0 amide bonds. The second-order valence-electron chi connectivity index (χ2n) is 5.90. The van der Waals surface area contributed by atoms with Gasteiger partial charge in [0, 0.05) is 44.3 Å². The van der Waals surface area contributed by atoms with Gasteiger partial charge in [0.05, 0.1) is 5.56 Å². The van der Waals surface area contributed by atoms with Gasteiger partial charge in [0.1, 0.15) is 5.82 Å². The molecule has 7 heteroatoms. The highest BCUT2D eigenvalue weighted by molar-refractivity contribution is 5.40. The van der Waals surface area contributed by atoms with Gasteiger partial charge in [-0.2, -0.15) is 13.2 Å². The van der Waals surface area contributed by atoms with Gasteiger partial charge in [0.2, 0.25) is 0 Å². The number of nitrogens with zero attached hydrogens (tertiary/aromatic N) is 3. The molecular weight excluding hydrogens is 317 g/mol. The lowest BCUT2D eigenvalue weighted by Crippen LogP contribution is -2.42. The molecule has 0 aliphatic carbocycles. The van der Waals surface area contributed by atoms with Gasteiger partial charge < -0.3 is 10.2 Å². The molecule has 2 aromatic rings. The van der Waals surface area contributed by atoms with Gasteiger partial charge in [-0.25, -0.2) is 4.98 Å². The Morgan fingerprint density at radius 2 is 1.79 bits per heavy atom. The van der Waals surface area contributed by atoms with Crippen molar-refractivity contribution in [2.24, 2.45) is 0 Å². The molecule has 0 bridgehead atoms. The number of hydrogen-bond acceptors (Lipinski definition) is 4. The lowest BCUT2D eigenvalue weighted by atomic mass is 10.0. The summed E-state index contributed by atoms with van der Waals surface area (Å²) in [5, 5.41) is 3.52. The van der Waals surface area contributed by atoms with E-state index in [2.05, 4.69) is 15.3 Å². The van der Waals surface area contributed by atoms with E-state index in [-0.39, 0.29) is 0 Å². The summed E-state index contributed by atoms with van der Waals surface area (Å²) in [6, 6.07) is 6.91. The molecular formula is C17H19F3N4. The van der Waals surface area contributed by atoms with Gasteiger partial charge >= 0.3 is 6.18 Å². The molecule has 0 saturated carbocycles. The zero-order valence-electron chi connectivity index (χ0n) is 13.1. The first kappa shape index (κ1) is 16.7. The molecule has 0 radical (unpaired) electrons. The van der Waals surface area contributed by atoms with Crippen LogP contribution in [0.25, 0.3) is 0 Å². The quantitative estimate of drug-likeness (QED) is 0.930. The summed E-state index contributed by atoms with van der Waals surface area (Å²) in [4.78, 5) is 9.99. The van der Waals surface area contributed by atoms with Crippen molar-refractivity contribution in [3.8, 4) is 0 Å². The fourth-order valence-corrected chi connectivity index (χ4v) is 2.82. The molecule has 3 rings (SSSR count). The van der Waals surface area contributed by atoms with Crippen molar-refractivity contribution in [3.63, 3.8) is 0 Å². The van der Waals surface area contributed by atoms with Crippen LogP contribution in [0.3, 0.4) is 0 Å². The summed E-state index contributed by atoms with van der Waals surface area (Å²) in [6.07, 6.45) is 1.99. The second kappa shape index (κ2) is 7.17. The molecule has 24 heavy (non-hydrogen) atoms. The van der Waals surface area contributed by atoms with E-state index in [0.717, 1.165) is 44.7 Å². The number of piperidine rings is 1. The molecule has 2 aromatic heterocycles. The molecule has 0 atom stereocenters. The van der Waals surface area contributed by atoms with Gasteiger partial charge in [-0.1, -0.05) is 0 Å². The Kier molecular flexibility index (Phi) is 4.99. The van der Waals surface area contributed by atoms with E-state index in [1.54, 1.807) is 12.4 Å². The molecule has 0 aromatic carbocycles. The summed E-state index contributed by atoms with van der Waals surface area (Å²) in [7, 11) is 0. The predicted octanol–water partition coefficient (Wildman–Crippen LogP) is 3.25.